The van der Waals surface area contributed by atoms with Crippen LogP contribution in [0.2, 0.25) is 0 Å². The van der Waals surface area contributed by atoms with E-state index in [0.717, 1.165) is 24.6 Å². The van der Waals surface area contributed by atoms with Gasteiger partial charge in [0, 0.05) is 46.4 Å². The molecule has 1 fully saturated rings. The van der Waals surface area contributed by atoms with Gasteiger partial charge in [0.15, 0.2) is 0 Å². The number of hydrogen-bond donors (Lipinski definition) is 1. The van der Waals surface area contributed by atoms with Crippen LogP contribution in [0.5, 0.6) is 0 Å². The molecule has 222 valence electrons. The first-order valence-corrected chi connectivity index (χ1v) is 14.5. The number of fused-ring (bicyclic) bond motifs is 1. The Labute approximate surface area is 252 Å². The number of carbonyl (C=O) groups is 2. The lowest BCUT2D eigenvalue weighted by molar-refractivity contribution is -0.138. The summed E-state index contributed by atoms with van der Waals surface area (Å²) in [4.78, 5) is 46.0. The zero-order chi connectivity index (χ0) is 30.6. The molecule has 1 aliphatic heterocycles. The van der Waals surface area contributed by atoms with E-state index in [0.29, 0.717) is 28.4 Å². The maximum absolute atomic E-state index is 14.1. The molecule has 1 aliphatic carbocycles. The molecular weight excluding hydrogens is 629 g/mol. The quantitative estimate of drug-likeness (QED) is 0.326. The van der Waals surface area contributed by atoms with Crippen molar-refractivity contribution in [1.29, 1.82) is 0 Å². The monoisotopic (exact) mass is 654 g/mol. The third kappa shape index (κ3) is 5.37. The summed E-state index contributed by atoms with van der Waals surface area (Å²) < 4.78 is 43.4. The second kappa shape index (κ2) is 10.8. The van der Waals surface area contributed by atoms with Gasteiger partial charge < -0.3 is 10.2 Å². The van der Waals surface area contributed by atoms with Crippen molar-refractivity contribution >= 4 is 27.7 Å². The minimum atomic E-state index is -4.64. The standard InChI is InChI=1S/C30H26BrF3N6O3/c1-16-13-21-25(15-38(16)27(42)19-7-10-23(31)22(14-19)30(32,33)34)36-29(39-12-11-24(37-39)17-3-4-17)40(28(21)43)20-8-5-18(6-9-20)26(41)35-2/h5-12,14,16-17H,3-4,13,15H2,1-2H3,(H,35,41). The number of halogens is 4. The molecule has 1 saturated carbocycles. The normalized spacial score (nSPS) is 16.6. The number of alkyl halides is 3. The van der Waals surface area contributed by atoms with Gasteiger partial charge in [-0.05, 0) is 74.7 Å². The smallest absolute Gasteiger partial charge is 0.355 e. The molecule has 2 aromatic carbocycles. The van der Waals surface area contributed by atoms with Crippen molar-refractivity contribution in [2.75, 3.05) is 7.05 Å². The number of rotatable bonds is 5. The van der Waals surface area contributed by atoms with Crippen molar-refractivity contribution < 1.29 is 22.8 Å². The van der Waals surface area contributed by atoms with Gasteiger partial charge in [-0.15, -0.1) is 0 Å². The molecule has 13 heteroatoms. The molecule has 1 N–H and O–H groups in total. The van der Waals surface area contributed by atoms with E-state index < -0.39 is 23.7 Å². The number of aromatic nitrogens is 4. The first-order chi connectivity index (χ1) is 20.5. The number of amides is 2. The van der Waals surface area contributed by atoms with E-state index >= 15 is 0 Å². The Morgan fingerprint density at radius 2 is 1.74 bits per heavy atom. The van der Waals surface area contributed by atoms with Crippen LogP contribution < -0.4 is 10.9 Å². The zero-order valence-corrected chi connectivity index (χ0v) is 24.7. The first kappa shape index (κ1) is 28.8. The third-order valence-corrected chi connectivity index (χ3v) is 8.49. The van der Waals surface area contributed by atoms with E-state index in [1.54, 1.807) is 37.4 Å². The van der Waals surface area contributed by atoms with Gasteiger partial charge in [0.2, 0.25) is 5.95 Å². The molecule has 0 bridgehead atoms. The average molecular weight is 655 g/mol. The van der Waals surface area contributed by atoms with Crippen molar-refractivity contribution in [2.24, 2.45) is 0 Å². The van der Waals surface area contributed by atoms with Crippen molar-refractivity contribution in [3.63, 3.8) is 0 Å². The summed E-state index contributed by atoms with van der Waals surface area (Å²) in [5, 5.41) is 7.24. The van der Waals surface area contributed by atoms with E-state index in [-0.39, 0.29) is 40.4 Å². The number of hydrogen-bond acceptors (Lipinski definition) is 5. The van der Waals surface area contributed by atoms with Gasteiger partial charge in [-0.1, -0.05) is 15.9 Å². The van der Waals surface area contributed by atoms with Crippen LogP contribution in [0.15, 0.2) is 64.0 Å². The highest BCUT2D eigenvalue weighted by Gasteiger charge is 2.36. The van der Waals surface area contributed by atoms with Crippen molar-refractivity contribution in [3.8, 4) is 11.6 Å². The summed E-state index contributed by atoms with van der Waals surface area (Å²) in [6.45, 7) is 1.68. The van der Waals surface area contributed by atoms with E-state index in [1.165, 1.54) is 33.3 Å². The largest absolute Gasteiger partial charge is 0.417 e. The van der Waals surface area contributed by atoms with Crippen LogP contribution in [0, 0.1) is 0 Å². The van der Waals surface area contributed by atoms with Crippen molar-refractivity contribution in [3.05, 3.63) is 103 Å². The summed E-state index contributed by atoms with van der Waals surface area (Å²) in [7, 11) is 1.53. The second-order valence-corrected chi connectivity index (χ2v) is 11.6. The molecule has 2 amide bonds. The fourth-order valence-electron chi connectivity index (χ4n) is 5.30. The predicted octanol–water partition coefficient (Wildman–Crippen LogP) is 5.02. The lowest BCUT2D eigenvalue weighted by Gasteiger charge is -2.34. The van der Waals surface area contributed by atoms with Crippen LogP contribution in [0.25, 0.3) is 11.6 Å². The zero-order valence-electron chi connectivity index (χ0n) is 23.2. The molecule has 2 aliphatic rings. The minimum Gasteiger partial charge on any atom is -0.355 e. The molecule has 6 rings (SSSR count). The number of nitrogens with zero attached hydrogens (tertiary/aromatic N) is 5. The lowest BCUT2D eigenvalue weighted by atomic mass is 9.98. The summed E-state index contributed by atoms with van der Waals surface area (Å²) in [5.41, 5.74) is 1.13. The van der Waals surface area contributed by atoms with Crippen LogP contribution in [0.1, 0.15) is 68.9 Å². The molecule has 4 aromatic rings. The fourth-order valence-corrected chi connectivity index (χ4v) is 5.77. The molecule has 0 spiro atoms. The number of nitrogens with one attached hydrogen (secondary N) is 1. The molecule has 2 aromatic heterocycles. The molecule has 43 heavy (non-hydrogen) atoms. The average Bonchev–Trinajstić information content (AvgIpc) is 3.72. The molecule has 0 saturated heterocycles. The Morgan fingerprint density at radius 1 is 1.05 bits per heavy atom. The number of benzene rings is 2. The second-order valence-electron chi connectivity index (χ2n) is 10.7. The molecular formula is C30H26BrF3N6O3. The van der Waals surface area contributed by atoms with E-state index in [1.807, 2.05) is 6.07 Å². The van der Waals surface area contributed by atoms with Gasteiger partial charge in [-0.25, -0.2) is 14.2 Å². The fraction of sp³-hybridized carbons (Fsp3) is 0.300. The first-order valence-electron chi connectivity index (χ1n) is 13.7. The van der Waals surface area contributed by atoms with Crippen LogP contribution in [-0.2, 0) is 19.1 Å². The summed E-state index contributed by atoms with van der Waals surface area (Å²) >= 11 is 2.92. The Kier molecular flexibility index (Phi) is 7.23. The van der Waals surface area contributed by atoms with Crippen LogP contribution in [0.4, 0.5) is 13.2 Å². The van der Waals surface area contributed by atoms with E-state index in [2.05, 4.69) is 26.3 Å². The summed E-state index contributed by atoms with van der Waals surface area (Å²) in [5.74, 6) is -0.306. The Balaban J connectivity index is 1.43. The van der Waals surface area contributed by atoms with Crippen LogP contribution in [-0.4, -0.2) is 49.1 Å². The molecule has 0 radical (unpaired) electrons. The Bertz CT molecular complexity index is 1810. The predicted molar refractivity (Wildman–Crippen MR) is 155 cm³/mol. The molecule has 1 unspecified atom stereocenters. The maximum Gasteiger partial charge on any atom is 0.417 e. The van der Waals surface area contributed by atoms with Crippen molar-refractivity contribution in [2.45, 2.75) is 50.9 Å². The molecule has 9 nitrogen and oxygen atoms in total. The van der Waals surface area contributed by atoms with Crippen LogP contribution in [0.3, 0.4) is 0 Å². The summed E-state index contributed by atoms with van der Waals surface area (Å²) in [6.07, 6.45) is -0.698. The SMILES string of the molecule is CNC(=O)c1ccc(-n2c(-n3ccc(C4CC4)n3)nc3c(c2=O)CC(C)N(C(=O)c2ccc(Br)c(C(F)(F)F)c2)C3)cc1. The van der Waals surface area contributed by atoms with Gasteiger partial charge in [0.25, 0.3) is 17.4 Å². The maximum atomic E-state index is 14.1. The topological polar surface area (TPSA) is 102 Å². The molecule has 1 atom stereocenters. The van der Waals surface area contributed by atoms with Gasteiger partial charge >= 0.3 is 6.18 Å². The summed E-state index contributed by atoms with van der Waals surface area (Å²) in [6, 6.07) is 11.3. The highest BCUT2D eigenvalue weighted by atomic mass is 79.9. The minimum absolute atomic E-state index is 0.0673. The molecule has 3 heterocycles. The van der Waals surface area contributed by atoms with Gasteiger partial charge in [-0.2, -0.15) is 18.3 Å². The van der Waals surface area contributed by atoms with Gasteiger partial charge in [0.05, 0.1) is 29.2 Å². The lowest BCUT2D eigenvalue weighted by Crippen LogP contribution is -2.46. The van der Waals surface area contributed by atoms with Crippen LogP contribution >= 0.6 is 15.9 Å². The highest BCUT2D eigenvalue weighted by Crippen LogP contribution is 2.39. The Hall–Kier alpha value is -4.26. The highest BCUT2D eigenvalue weighted by molar-refractivity contribution is 9.10. The van der Waals surface area contributed by atoms with Gasteiger partial charge in [-0.3, -0.25) is 14.4 Å². The van der Waals surface area contributed by atoms with E-state index in [9.17, 15) is 27.6 Å². The van der Waals surface area contributed by atoms with E-state index in [4.69, 9.17) is 4.98 Å². The van der Waals surface area contributed by atoms with Gasteiger partial charge in [0.1, 0.15) is 0 Å². The third-order valence-electron chi connectivity index (χ3n) is 7.80. The number of carbonyl (C=O) groups excluding carboxylic acids is 2. The van der Waals surface area contributed by atoms with Crippen molar-refractivity contribution in [1.82, 2.24) is 29.5 Å². The Morgan fingerprint density at radius 3 is 2.40 bits per heavy atom.